The zero-order chi connectivity index (χ0) is 14.1. The summed E-state index contributed by atoms with van der Waals surface area (Å²) in [6, 6.07) is 5.60. The number of aliphatic hydroxyl groups is 1. The lowest BCUT2D eigenvalue weighted by Crippen LogP contribution is -2.37. The minimum atomic E-state index is -0.201. The number of piperidine rings is 1. The average molecular weight is 290 g/mol. The molecule has 3 rings (SSSR count). The first-order valence-electron chi connectivity index (χ1n) is 6.89. The van der Waals surface area contributed by atoms with Gasteiger partial charge in [0.1, 0.15) is 6.61 Å². The number of benzene rings is 1. The Hall–Kier alpha value is -1.50. The molecule has 104 valence electrons. The second kappa shape index (κ2) is 5.47. The number of carbonyl (C=O) groups is 1. The maximum absolute atomic E-state index is 12.5. The summed E-state index contributed by atoms with van der Waals surface area (Å²) in [5.74, 6) is 6.08. The number of hydrogen-bond donors (Lipinski definition) is 1. The number of rotatable bonds is 1. The van der Waals surface area contributed by atoms with Crippen molar-refractivity contribution in [2.45, 2.75) is 25.3 Å². The van der Waals surface area contributed by atoms with Crippen LogP contribution in [0.1, 0.15) is 35.2 Å². The van der Waals surface area contributed by atoms with E-state index >= 15 is 0 Å². The summed E-state index contributed by atoms with van der Waals surface area (Å²) in [7, 11) is 0. The SMILES string of the molecule is O=C(c1ccc(C#CCO)c(Cl)c1)N1CC2CCC1C2. The molecule has 1 aliphatic heterocycles. The van der Waals surface area contributed by atoms with Crippen LogP contribution < -0.4 is 0 Å². The van der Waals surface area contributed by atoms with Gasteiger partial charge in [0.2, 0.25) is 0 Å². The first kappa shape index (κ1) is 13.5. The van der Waals surface area contributed by atoms with E-state index in [1.165, 1.54) is 6.42 Å². The highest BCUT2D eigenvalue weighted by Gasteiger charge is 2.40. The Morgan fingerprint density at radius 3 is 2.90 bits per heavy atom. The van der Waals surface area contributed by atoms with E-state index in [9.17, 15) is 4.79 Å². The van der Waals surface area contributed by atoms with E-state index in [0.29, 0.717) is 28.1 Å². The minimum absolute atomic E-state index is 0.0702. The smallest absolute Gasteiger partial charge is 0.254 e. The molecule has 2 atom stereocenters. The molecule has 1 N–H and O–H groups in total. The number of fused-ring (bicyclic) bond motifs is 2. The molecule has 3 nitrogen and oxygen atoms in total. The number of carbonyl (C=O) groups excluding carboxylic acids is 1. The Morgan fingerprint density at radius 2 is 2.30 bits per heavy atom. The van der Waals surface area contributed by atoms with Gasteiger partial charge in [0, 0.05) is 23.7 Å². The van der Waals surface area contributed by atoms with Crippen molar-refractivity contribution in [3.05, 3.63) is 34.3 Å². The number of halogens is 1. The fourth-order valence-corrected chi connectivity index (χ4v) is 3.45. The lowest BCUT2D eigenvalue weighted by atomic mass is 10.1. The standard InChI is InChI=1S/C16H16ClNO2/c17-15-9-13(5-4-12(15)2-1-7-19)16(20)18-10-11-3-6-14(18)8-11/h4-5,9,11,14,19H,3,6-8,10H2. The third-order valence-electron chi connectivity index (χ3n) is 4.19. The van der Waals surface area contributed by atoms with Crippen LogP contribution in [0.4, 0.5) is 0 Å². The normalized spacial score (nSPS) is 23.6. The Balaban J connectivity index is 1.80. The Bertz CT molecular complexity index is 602. The molecule has 20 heavy (non-hydrogen) atoms. The molecule has 4 heteroatoms. The van der Waals surface area contributed by atoms with Gasteiger partial charge in [0.15, 0.2) is 0 Å². The zero-order valence-corrected chi connectivity index (χ0v) is 11.9. The largest absolute Gasteiger partial charge is 0.384 e. The van der Waals surface area contributed by atoms with E-state index < -0.39 is 0 Å². The van der Waals surface area contributed by atoms with E-state index in [1.807, 2.05) is 4.90 Å². The Labute approximate surface area is 123 Å². The van der Waals surface area contributed by atoms with Gasteiger partial charge in [0.05, 0.1) is 5.02 Å². The molecule has 0 aromatic heterocycles. The summed E-state index contributed by atoms with van der Waals surface area (Å²) in [5, 5.41) is 9.15. The maximum Gasteiger partial charge on any atom is 0.254 e. The van der Waals surface area contributed by atoms with Gasteiger partial charge in [-0.25, -0.2) is 0 Å². The molecule has 1 heterocycles. The predicted octanol–water partition coefficient (Wildman–Crippen LogP) is 2.31. The van der Waals surface area contributed by atoms with Gasteiger partial charge in [-0.15, -0.1) is 0 Å². The van der Waals surface area contributed by atoms with Gasteiger partial charge in [-0.05, 0) is 43.4 Å². The van der Waals surface area contributed by atoms with Crippen LogP contribution >= 0.6 is 11.6 Å². The summed E-state index contributed by atoms with van der Waals surface area (Å²) < 4.78 is 0. The molecular weight excluding hydrogens is 274 g/mol. The Morgan fingerprint density at radius 1 is 1.45 bits per heavy atom. The molecule has 2 unspecified atom stereocenters. The molecule has 1 saturated carbocycles. The molecule has 1 amide bonds. The number of amides is 1. The van der Waals surface area contributed by atoms with Crippen LogP contribution in [0.15, 0.2) is 18.2 Å². The molecule has 1 aromatic rings. The number of hydrogen-bond acceptors (Lipinski definition) is 2. The van der Waals surface area contributed by atoms with E-state index in [0.717, 1.165) is 19.4 Å². The average Bonchev–Trinajstić information content (AvgIpc) is 3.08. The molecule has 1 aliphatic carbocycles. The summed E-state index contributed by atoms with van der Waals surface area (Å²) in [5.41, 5.74) is 1.26. The highest BCUT2D eigenvalue weighted by molar-refractivity contribution is 6.32. The molecule has 1 aromatic carbocycles. The topological polar surface area (TPSA) is 40.5 Å². The fourth-order valence-electron chi connectivity index (χ4n) is 3.22. The molecule has 2 fully saturated rings. The third-order valence-corrected chi connectivity index (χ3v) is 4.50. The van der Waals surface area contributed by atoms with Crippen molar-refractivity contribution in [2.75, 3.05) is 13.2 Å². The van der Waals surface area contributed by atoms with E-state index in [-0.39, 0.29) is 12.5 Å². The summed E-state index contributed by atoms with van der Waals surface area (Å²) >= 11 is 6.14. The van der Waals surface area contributed by atoms with E-state index in [1.54, 1.807) is 18.2 Å². The molecule has 2 bridgehead atoms. The second-order valence-corrected chi connectivity index (χ2v) is 5.85. The van der Waals surface area contributed by atoms with Crippen LogP contribution in [-0.4, -0.2) is 35.1 Å². The molecule has 2 aliphatic rings. The monoisotopic (exact) mass is 289 g/mol. The van der Waals surface area contributed by atoms with Crippen LogP contribution in [0.2, 0.25) is 5.02 Å². The first-order valence-corrected chi connectivity index (χ1v) is 7.27. The maximum atomic E-state index is 12.5. The van der Waals surface area contributed by atoms with Crippen molar-refractivity contribution in [2.24, 2.45) is 5.92 Å². The van der Waals surface area contributed by atoms with Crippen LogP contribution in [0.5, 0.6) is 0 Å². The lowest BCUT2D eigenvalue weighted by Gasteiger charge is -2.27. The van der Waals surface area contributed by atoms with Gasteiger partial charge >= 0.3 is 0 Å². The second-order valence-electron chi connectivity index (χ2n) is 5.44. The van der Waals surface area contributed by atoms with Gasteiger partial charge in [-0.3, -0.25) is 4.79 Å². The quantitative estimate of drug-likeness (QED) is 0.806. The fraction of sp³-hybridized carbons (Fsp3) is 0.438. The van der Waals surface area contributed by atoms with Crippen LogP contribution in [0.3, 0.4) is 0 Å². The van der Waals surface area contributed by atoms with Crippen LogP contribution in [0, 0.1) is 17.8 Å². The first-order chi connectivity index (χ1) is 9.69. The summed E-state index contributed by atoms with van der Waals surface area (Å²) in [6.45, 7) is 0.682. The van der Waals surface area contributed by atoms with Crippen molar-refractivity contribution >= 4 is 17.5 Å². The van der Waals surface area contributed by atoms with Crippen LogP contribution in [-0.2, 0) is 0 Å². The van der Waals surface area contributed by atoms with Crippen molar-refractivity contribution in [3.8, 4) is 11.8 Å². The minimum Gasteiger partial charge on any atom is -0.384 e. The number of likely N-dealkylation sites (tertiary alicyclic amines) is 1. The highest BCUT2D eigenvalue weighted by atomic mass is 35.5. The lowest BCUT2D eigenvalue weighted by molar-refractivity contribution is 0.0703. The van der Waals surface area contributed by atoms with Gasteiger partial charge < -0.3 is 10.0 Å². The predicted molar refractivity (Wildman–Crippen MR) is 77.6 cm³/mol. The Kier molecular flexibility index (Phi) is 3.69. The van der Waals surface area contributed by atoms with E-state index in [4.69, 9.17) is 16.7 Å². The van der Waals surface area contributed by atoms with Crippen molar-refractivity contribution in [1.29, 1.82) is 0 Å². The van der Waals surface area contributed by atoms with Crippen molar-refractivity contribution in [3.63, 3.8) is 0 Å². The molecule has 1 saturated heterocycles. The van der Waals surface area contributed by atoms with Crippen molar-refractivity contribution < 1.29 is 9.90 Å². The molecular formula is C16H16ClNO2. The zero-order valence-electron chi connectivity index (χ0n) is 11.1. The molecule has 0 spiro atoms. The van der Waals surface area contributed by atoms with Crippen molar-refractivity contribution in [1.82, 2.24) is 4.90 Å². The number of nitrogens with zero attached hydrogens (tertiary/aromatic N) is 1. The summed E-state index contributed by atoms with van der Waals surface area (Å²) in [4.78, 5) is 14.5. The highest BCUT2D eigenvalue weighted by Crippen LogP contribution is 2.38. The summed E-state index contributed by atoms with van der Waals surface area (Å²) in [6.07, 6.45) is 3.54. The third kappa shape index (κ3) is 2.42. The van der Waals surface area contributed by atoms with Gasteiger partial charge in [0.25, 0.3) is 5.91 Å². The number of aliphatic hydroxyl groups excluding tert-OH is 1. The van der Waals surface area contributed by atoms with E-state index in [2.05, 4.69) is 11.8 Å². The van der Waals surface area contributed by atoms with Gasteiger partial charge in [-0.2, -0.15) is 0 Å². The van der Waals surface area contributed by atoms with Crippen LogP contribution in [0.25, 0.3) is 0 Å². The molecule has 0 radical (unpaired) electrons. The van der Waals surface area contributed by atoms with Gasteiger partial charge in [-0.1, -0.05) is 23.4 Å².